The lowest BCUT2D eigenvalue weighted by atomic mass is 10.1. The Balaban J connectivity index is 1.38. The second-order valence-corrected chi connectivity index (χ2v) is 8.69. The molecular formula is C24H30N4O2S. The summed E-state index contributed by atoms with van der Waals surface area (Å²) in [6, 6.07) is 15.5. The molecule has 0 saturated heterocycles. The van der Waals surface area contributed by atoms with E-state index in [-0.39, 0.29) is 5.84 Å². The van der Waals surface area contributed by atoms with E-state index in [9.17, 15) is 0 Å². The molecule has 0 radical (unpaired) electrons. The predicted molar refractivity (Wildman–Crippen MR) is 129 cm³/mol. The van der Waals surface area contributed by atoms with E-state index in [4.69, 9.17) is 20.6 Å². The van der Waals surface area contributed by atoms with Crippen molar-refractivity contribution < 1.29 is 9.47 Å². The summed E-state index contributed by atoms with van der Waals surface area (Å²) >= 11 is 1.70. The molecule has 3 aromatic rings. The van der Waals surface area contributed by atoms with Crippen LogP contribution in [0.1, 0.15) is 29.8 Å². The van der Waals surface area contributed by atoms with Gasteiger partial charge >= 0.3 is 0 Å². The van der Waals surface area contributed by atoms with Crippen molar-refractivity contribution in [1.29, 1.82) is 5.41 Å². The van der Waals surface area contributed by atoms with Crippen LogP contribution in [0.2, 0.25) is 0 Å². The van der Waals surface area contributed by atoms with E-state index in [1.54, 1.807) is 23.5 Å². The Labute approximate surface area is 188 Å². The van der Waals surface area contributed by atoms with E-state index in [0.717, 1.165) is 47.0 Å². The molecule has 0 aliphatic rings. The molecule has 2 aromatic carbocycles. The number of amidine groups is 1. The van der Waals surface area contributed by atoms with Crippen molar-refractivity contribution >= 4 is 22.2 Å². The molecule has 7 heteroatoms. The van der Waals surface area contributed by atoms with Gasteiger partial charge in [-0.25, -0.2) is 4.98 Å². The minimum atomic E-state index is 0.0514. The van der Waals surface area contributed by atoms with Gasteiger partial charge in [-0.15, -0.1) is 11.3 Å². The average Bonchev–Trinajstić information content (AvgIpc) is 3.16. The second kappa shape index (κ2) is 10.8. The topological polar surface area (TPSA) is 84.5 Å². The number of benzene rings is 2. The first kappa shape index (κ1) is 22.6. The number of anilines is 1. The highest BCUT2D eigenvalue weighted by Gasteiger charge is 2.13. The van der Waals surface area contributed by atoms with E-state index in [0.29, 0.717) is 18.8 Å². The van der Waals surface area contributed by atoms with Crippen LogP contribution in [0.5, 0.6) is 11.5 Å². The zero-order chi connectivity index (χ0) is 22.2. The fourth-order valence-electron chi connectivity index (χ4n) is 3.13. The zero-order valence-corrected chi connectivity index (χ0v) is 19.2. The highest BCUT2D eigenvalue weighted by atomic mass is 32.1. The standard InChI is InChI=1S/C24H30N4O2S/c1-17-27-22(24(31-17)28(2)3)18-10-12-20(13-11-18)29-14-5-4-6-15-30-21-9-7-8-19(16-21)23(25)26/h7-13,16H,4-6,14-15H2,1-3H3,(H3,25,26). The Morgan fingerprint density at radius 2 is 1.68 bits per heavy atom. The minimum Gasteiger partial charge on any atom is -0.494 e. The first-order chi connectivity index (χ1) is 14.9. The molecule has 0 amide bonds. The average molecular weight is 439 g/mol. The van der Waals surface area contributed by atoms with Gasteiger partial charge < -0.3 is 20.1 Å². The van der Waals surface area contributed by atoms with Crippen molar-refractivity contribution in [2.45, 2.75) is 26.2 Å². The summed E-state index contributed by atoms with van der Waals surface area (Å²) in [5.41, 5.74) is 8.31. The van der Waals surface area contributed by atoms with Crippen LogP contribution in [0.4, 0.5) is 5.00 Å². The maximum absolute atomic E-state index is 7.48. The Kier molecular flexibility index (Phi) is 7.89. The minimum absolute atomic E-state index is 0.0514. The molecule has 0 fully saturated rings. The number of hydrogen-bond donors (Lipinski definition) is 2. The van der Waals surface area contributed by atoms with Crippen LogP contribution in [-0.4, -0.2) is 38.1 Å². The van der Waals surface area contributed by atoms with E-state index in [2.05, 4.69) is 22.0 Å². The molecular weight excluding hydrogens is 408 g/mol. The van der Waals surface area contributed by atoms with Crippen LogP contribution < -0.4 is 20.1 Å². The number of ether oxygens (including phenoxy) is 2. The summed E-state index contributed by atoms with van der Waals surface area (Å²) in [5.74, 6) is 1.67. The van der Waals surface area contributed by atoms with Crippen molar-refractivity contribution in [3.8, 4) is 22.8 Å². The largest absolute Gasteiger partial charge is 0.494 e. The van der Waals surface area contributed by atoms with Crippen LogP contribution in [-0.2, 0) is 0 Å². The van der Waals surface area contributed by atoms with Gasteiger partial charge in [-0.1, -0.05) is 12.1 Å². The molecule has 0 aliphatic heterocycles. The van der Waals surface area contributed by atoms with Crippen LogP contribution >= 0.6 is 11.3 Å². The molecule has 31 heavy (non-hydrogen) atoms. The predicted octanol–water partition coefficient (Wildman–Crippen LogP) is 5.10. The van der Waals surface area contributed by atoms with Gasteiger partial charge in [0.2, 0.25) is 0 Å². The van der Waals surface area contributed by atoms with Crippen LogP contribution in [0.25, 0.3) is 11.3 Å². The maximum Gasteiger partial charge on any atom is 0.122 e. The number of nitrogens with one attached hydrogen (secondary N) is 1. The van der Waals surface area contributed by atoms with E-state index < -0.39 is 0 Å². The third kappa shape index (κ3) is 6.46. The van der Waals surface area contributed by atoms with Gasteiger partial charge in [0.15, 0.2) is 0 Å². The second-order valence-electron chi connectivity index (χ2n) is 7.50. The number of aromatic nitrogens is 1. The Bertz CT molecular complexity index is 999. The van der Waals surface area contributed by atoms with Crippen LogP contribution in [0.3, 0.4) is 0 Å². The first-order valence-electron chi connectivity index (χ1n) is 10.4. The van der Waals surface area contributed by atoms with Gasteiger partial charge in [0.1, 0.15) is 28.0 Å². The molecule has 0 unspecified atom stereocenters. The highest BCUT2D eigenvalue weighted by molar-refractivity contribution is 7.16. The summed E-state index contributed by atoms with van der Waals surface area (Å²) in [5, 5.41) is 9.71. The lowest BCUT2D eigenvalue weighted by Gasteiger charge is -2.12. The molecule has 6 nitrogen and oxygen atoms in total. The molecule has 0 atom stereocenters. The lowest BCUT2D eigenvalue weighted by Crippen LogP contribution is -2.11. The van der Waals surface area contributed by atoms with Gasteiger partial charge in [0, 0.05) is 25.2 Å². The van der Waals surface area contributed by atoms with Crippen LogP contribution in [0.15, 0.2) is 48.5 Å². The van der Waals surface area contributed by atoms with E-state index in [1.165, 1.54) is 5.00 Å². The molecule has 0 bridgehead atoms. The van der Waals surface area contributed by atoms with Crippen LogP contribution in [0, 0.1) is 12.3 Å². The van der Waals surface area contributed by atoms with E-state index >= 15 is 0 Å². The number of rotatable bonds is 11. The normalized spacial score (nSPS) is 10.7. The quantitative estimate of drug-likeness (QED) is 0.247. The van der Waals surface area contributed by atoms with Gasteiger partial charge in [0.05, 0.1) is 18.2 Å². The fourth-order valence-corrected chi connectivity index (χ4v) is 3.99. The first-order valence-corrected chi connectivity index (χ1v) is 11.2. The summed E-state index contributed by atoms with van der Waals surface area (Å²) in [6.07, 6.45) is 2.94. The van der Waals surface area contributed by atoms with Gasteiger partial charge in [-0.05, 0) is 62.6 Å². The summed E-state index contributed by atoms with van der Waals surface area (Å²) in [6.45, 7) is 3.35. The number of thiazole rings is 1. The summed E-state index contributed by atoms with van der Waals surface area (Å²) in [7, 11) is 4.09. The molecule has 1 aromatic heterocycles. The van der Waals surface area contributed by atoms with Gasteiger partial charge in [0.25, 0.3) is 0 Å². The van der Waals surface area contributed by atoms with Crippen molar-refractivity contribution in [3.05, 3.63) is 59.1 Å². The van der Waals surface area contributed by atoms with Crippen molar-refractivity contribution in [3.63, 3.8) is 0 Å². The Morgan fingerprint density at radius 1 is 1.00 bits per heavy atom. The molecule has 0 aliphatic carbocycles. The number of nitrogens with two attached hydrogens (primary N) is 1. The Morgan fingerprint density at radius 3 is 2.32 bits per heavy atom. The smallest absolute Gasteiger partial charge is 0.122 e. The molecule has 0 saturated carbocycles. The van der Waals surface area contributed by atoms with Gasteiger partial charge in [-0.2, -0.15) is 0 Å². The number of aryl methyl sites for hydroxylation is 1. The van der Waals surface area contributed by atoms with Crippen molar-refractivity contribution in [1.82, 2.24) is 4.98 Å². The summed E-state index contributed by atoms with van der Waals surface area (Å²) in [4.78, 5) is 6.78. The number of nitrogens with zero attached hydrogens (tertiary/aromatic N) is 2. The zero-order valence-electron chi connectivity index (χ0n) is 18.4. The van der Waals surface area contributed by atoms with Crippen molar-refractivity contribution in [2.75, 3.05) is 32.2 Å². The number of hydrogen-bond acceptors (Lipinski definition) is 6. The van der Waals surface area contributed by atoms with Gasteiger partial charge in [-0.3, -0.25) is 5.41 Å². The molecule has 1 heterocycles. The molecule has 0 spiro atoms. The molecule has 3 rings (SSSR count). The monoisotopic (exact) mass is 438 g/mol. The third-order valence-electron chi connectivity index (χ3n) is 4.72. The van der Waals surface area contributed by atoms with E-state index in [1.807, 2.05) is 45.3 Å². The molecule has 164 valence electrons. The number of unbranched alkanes of at least 4 members (excludes halogenated alkanes) is 2. The lowest BCUT2D eigenvalue weighted by molar-refractivity contribution is 0.279. The highest BCUT2D eigenvalue weighted by Crippen LogP contribution is 2.35. The maximum atomic E-state index is 7.48. The summed E-state index contributed by atoms with van der Waals surface area (Å²) < 4.78 is 11.6. The fraction of sp³-hybridized carbons (Fsp3) is 0.333. The SMILES string of the molecule is Cc1nc(-c2ccc(OCCCCCOc3cccc(C(=N)N)c3)cc2)c(N(C)C)s1. The molecule has 3 N–H and O–H groups in total. The van der Waals surface area contributed by atoms with Crippen molar-refractivity contribution in [2.24, 2.45) is 5.73 Å². The third-order valence-corrected chi connectivity index (χ3v) is 5.86. The number of nitrogen functional groups attached to an aromatic ring is 1. The Hall–Kier alpha value is -3.06.